The highest BCUT2D eigenvalue weighted by atomic mass is 31.1. The third kappa shape index (κ3) is 7.91. The van der Waals surface area contributed by atoms with Gasteiger partial charge in [0.15, 0.2) is 0 Å². The summed E-state index contributed by atoms with van der Waals surface area (Å²) in [5.41, 5.74) is 17.4. The van der Waals surface area contributed by atoms with E-state index in [2.05, 4.69) is 42.6 Å². The summed E-state index contributed by atoms with van der Waals surface area (Å²) in [5, 5.41) is 3.26. The average molecular weight is 534 g/mol. The first-order chi connectivity index (χ1) is 17.5. The molecule has 2 aromatic rings. The number of benzene rings is 2. The van der Waals surface area contributed by atoms with Crippen LogP contribution in [0.3, 0.4) is 0 Å². The lowest BCUT2D eigenvalue weighted by atomic mass is 9.92. The van der Waals surface area contributed by atoms with Gasteiger partial charge >= 0.3 is 5.66 Å². The lowest BCUT2D eigenvalue weighted by Gasteiger charge is -2.27. The molecule has 37 heavy (non-hydrogen) atoms. The topological polar surface area (TPSA) is 111 Å². The van der Waals surface area contributed by atoms with Crippen LogP contribution in [-0.4, -0.2) is 23.3 Å². The van der Waals surface area contributed by atoms with Crippen LogP contribution in [0.5, 0.6) is 5.75 Å². The highest BCUT2D eigenvalue weighted by molar-refractivity contribution is 7.39. The average Bonchev–Trinajstić information content (AvgIpc) is 2.83. The Morgan fingerprint density at radius 2 is 1.95 bits per heavy atom. The molecule has 0 saturated carbocycles. The number of rotatable bonds is 12. The summed E-state index contributed by atoms with van der Waals surface area (Å²) in [7, 11) is -3.82. The molecule has 202 valence electrons. The van der Waals surface area contributed by atoms with Crippen LogP contribution >= 0.6 is 8.03 Å². The normalized spacial score (nSPS) is 16.8. The van der Waals surface area contributed by atoms with Gasteiger partial charge in [0.1, 0.15) is 11.9 Å². The molecule has 9 heteroatoms. The number of aryl methyl sites for hydroxylation is 3. The molecule has 6 nitrogen and oxygen atoms in total. The smallest absolute Gasteiger partial charge is 0.319 e. The molecule has 2 unspecified atom stereocenters. The molecule has 0 spiro atoms. The maximum Gasteiger partial charge on any atom is 0.319 e. The lowest BCUT2D eigenvalue weighted by Crippen LogP contribution is -2.38. The summed E-state index contributed by atoms with van der Waals surface area (Å²) in [4.78, 5) is 8.64. The Labute approximate surface area is 218 Å². The van der Waals surface area contributed by atoms with Crippen molar-refractivity contribution in [2.24, 2.45) is 11.5 Å². The monoisotopic (exact) mass is 533 g/mol. The Bertz CT molecular complexity index is 1200. The van der Waals surface area contributed by atoms with Crippen molar-refractivity contribution in [2.75, 3.05) is 11.9 Å². The summed E-state index contributed by atoms with van der Waals surface area (Å²) in [6, 6.07) is 12.2. The van der Waals surface area contributed by atoms with Gasteiger partial charge in [0, 0.05) is 23.2 Å². The van der Waals surface area contributed by atoms with Crippen molar-refractivity contribution in [1.29, 1.82) is 0 Å². The molecule has 3 rings (SSSR count). The number of ether oxygens (including phenoxy) is 1. The number of halogens is 2. The summed E-state index contributed by atoms with van der Waals surface area (Å²) in [6.07, 6.45) is 4.19. The molecule has 0 amide bonds. The zero-order valence-corrected chi connectivity index (χ0v) is 22.7. The van der Waals surface area contributed by atoms with Crippen LogP contribution in [0, 0.1) is 13.8 Å². The zero-order chi connectivity index (χ0) is 27.2. The number of fused-ring (bicyclic) bond motifs is 1. The van der Waals surface area contributed by atoms with Crippen LogP contribution in [0.15, 0.2) is 53.7 Å². The Morgan fingerprint density at radius 3 is 2.65 bits per heavy atom. The maximum absolute atomic E-state index is 13.2. The Morgan fingerprint density at radius 1 is 1.19 bits per heavy atom. The molecular formula is C28H38F2N3O3P. The van der Waals surface area contributed by atoms with Crippen LogP contribution in [0.4, 0.5) is 14.5 Å². The van der Waals surface area contributed by atoms with E-state index < -0.39 is 26.3 Å². The van der Waals surface area contributed by atoms with Crippen molar-refractivity contribution in [1.82, 2.24) is 0 Å². The molecule has 0 saturated heterocycles. The van der Waals surface area contributed by atoms with Crippen LogP contribution in [0.25, 0.3) is 5.57 Å². The van der Waals surface area contributed by atoms with Crippen molar-refractivity contribution in [2.45, 2.75) is 71.1 Å². The molecule has 0 radical (unpaired) electrons. The molecule has 1 aliphatic rings. The highest BCUT2D eigenvalue weighted by Crippen LogP contribution is 2.42. The maximum atomic E-state index is 13.2. The fraction of sp³-hybridized carbons (Fsp3) is 0.429. The van der Waals surface area contributed by atoms with Gasteiger partial charge in [-0.15, -0.1) is 0 Å². The van der Waals surface area contributed by atoms with Gasteiger partial charge in [-0.3, -0.25) is 4.57 Å². The van der Waals surface area contributed by atoms with E-state index in [0.29, 0.717) is 25.1 Å². The predicted octanol–water partition coefficient (Wildman–Crippen LogP) is 6.26. The van der Waals surface area contributed by atoms with Crippen LogP contribution in [0.1, 0.15) is 61.3 Å². The van der Waals surface area contributed by atoms with E-state index >= 15 is 0 Å². The summed E-state index contributed by atoms with van der Waals surface area (Å²) in [5.74, 6) is 0.743. The molecule has 0 aromatic heterocycles. The standard InChI is InChI=1S/C28H38F2N3O3P/c1-18(15-24-23-12-8-19(2)16-25(23)33-27(32)26(24)31)7-9-21-10-11-22(17-20(21)3)36-14-6-4-5-13-28(29,30)37(34)35/h8,10-12,15-17,27,33,37H,4-7,9,13-14,31-32H2,1-3H3,(H,34,35)/b18-15+. The summed E-state index contributed by atoms with van der Waals surface area (Å²) >= 11 is 0. The van der Waals surface area contributed by atoms with E-state index in [1.165, 1.54) is 11.1 Å². The van der Waals surface area contributed by atoms with E-state index in [0.717, 1.165) is 46.5 Å². The van der Waals surface area contributed by atoms with Gasteiger partial charge < -0.3 is 26.4 Å². The molecule has 0 fully saturated rings. The van der Waals surface area contributed by atoms with Gasteiger partial charge in [0.05, 0.1) is 12.3 Å². The van der Waals surface area contributed by atoms with Crippen molar-refractivity contribution >= 4 is 19.3 Å². The van der Waals surface area contributed by atoms with Crippen LogP contribution < -0.4 is 21.5 Å². The number of hydrogen-bond donors (Lipinski definition) is 4. The van der Waals surface area contributed by atoms with E-state index in [1.807, 2.05) is 26.0 Å². The van der Waals surface area contributed by atoms with E-state index in [9.17, 15) is 13.3 Å². The lowest BCUT2D eigenvalue weighted by molar-refractivity contribution is 0.0702. The van der Waals surface area contributed by atoms with Crippen LogP contribution in [0.2, 0.25) is 0 Å². The molecule has 2 atom stereocenters. The van der Waals surface area contributed by atoms with Crippen molar-refractivity contribution in [3.05, 3.63) is 76.0 Å². The van der Waals surface area contributed by atoms with Crippen LogP contribution in [-0.2, 0) is 11.0 Å². The van der Waals surface area contributed by atoms with Gasteiger partial charge in [-0.25, -0.2) is 0 Å². The minimum atomic E-state index is -3.82. The molecule has 6 N–H and O–H groups in total. The van der Waals surface area contributed by atoms with E-state index in [-0.39, 0.29) is 6.42 Å². The van der Waals surface area contributed by atoms with Gasteiger partial charge in [0.2, 0.25) is 0 Å². The Hall–Kier alpha value is -2.67. The number of nitrogens with one attached hydrogen (secondary N) is 1. The highest BCUT2D eigenvalue weighted by Gasteiger charge is 2.34. The molecule has 1 heterocycles. The predicted molar refractivity (Wildman–Crippen MR) is 147 cm³/mol. The first-order valence-corrected chi connectivity index (χ1v) is 14.0. The fourth-order valence-corrected chi connectivity index (χ4v) is 4.74. The van der Waals surface area contributed by atoms with Gasteiger partial charge in [-0.05, 0) is 87.8 Å². The number of nitrogens with two attached hydrogens (primary N) is 2. The first-order valence-electron chi connectivity index (χ1n) is 12.6. The third-order valence-electron chi connectivity index (χ3n) is 6.63. The number of allylic oxidation sites excluding steroid dienone is 3. The van der Waals surface area contributed by atoms with Crippen molar-refractivity contribution < 1.29 is 23.0 Å². The number of anilines is 1. The second-order valence-electron chi connectivity index (χ2n) is 9.79. The van der Waals surface area contributed by atoms with Crippen molar-refractivity contribution in [3.63, 3.8) is 0 Å². The fourth-order valence-electron chi connectivity index (χ4n) is 4.35. The SMILES string of the molecule is C/C(=C\C1=C(N)C(N)Nc2cc(C)ccc21)CCc1ccc(OCCCCCC(F)(F)[PH](=O)O)cc1C. The molecule has 0 bridgehead atoms. The minimum Gasteiger partial charge on any atom is -0.494 e. The van der Waals surface area contributed by atoms with Gasteiger partial charge in [-0.2, -0.15) is 8.78 Å². The molecule has 2 aromatic carbocycles. The molecule has 1 aliphatic heterocycles. The number of unbranched alkanes of at least 4 members (excludes halogenated alkanes) is 2. The van der Waals surface area contributed by atoms with E-state index in [4.69, 9.17) is 21.1 Å². The number of alkyl halides is 2. The van der Waals surface area contributed by atoms with E-state index in [1.54, 1.807) is 0 Å². The second kappa shape index (κ2) is 12.7. The second-order valence-corrected chi connectivity index (χ2v) is 11.1. The minimum absolute atomic E-state index is 0.189. The summed E-state index contributed by atoms with van der Waals surface area (Å²) in [6.45, 7) is 6.61. The summed E-state index contributed by atoms with van der Waals surface area (Å²) < 4.78 is 42.7. The zero-order valence-electron chi connectivity index (χ0n) is 21.7. The van der Waals surface area contributed by atoms with Gasteiger partial charge in [-0.1, -0.05) is 29.8 Å². The largest absolute Gasteiger partial charge is 0.494 e. The molecule has 0 aliphatic carbocycles. The first kappa shape index (κ1) is 28.9. The molecular weight excluding hydrogens is 495 g/mol. The Kier molecular flexibility index (Phi) is 9.93. The van der Waals surface area contributed by atoms with Gasteiger partial charge in [0.25, 0.3) is 8.03 Å². The third-order valence-corrected chi connectivity index (χ3v) is 7.51. The number of hydrogen-bond acceptors (Lipinski definition) is 5. The Balaban J connectivity index is 1.52. The quantitative estimate of drug-likeness (QED) is 0.189. The van der Waals surface area contributed by atoms with Crippen molar-refractivity contribution in [3.8, 4) is 5.75 Å².